The van der Waals surface area contributed by atoms with Gasteiger partial charge in [0.2, 0.25) is 5.91 Å². The van der Waals surface area contributed by atoms with E-state index >= 15 is 0 Å². The van der Waals surface area contributed by atoms with Crippen LogP contribution < -0.4 is 5.32 Å². The van der Waals surface area contributed by atoms with E-state index in [4.69, 9.17) is 0 Å². The van der Waals surface area contributed by atoms with Gasteiger partial charge in [-0.2, -0.15) is 0 Å². The molecule has 1 N–H and O–H groups in total. The number of thiazole rings is 1. The van der Waals surface area contributed by atoms with Crippen LogP contribution in [0.25, 0.3) is 10.2 Å². The molecular formula is C19H17N3O2S2. The van der Waals surface area contributed by atoms with E-state index in [9.17, 15) is 9.59 Å². The fourth-order valence-corrected chi connectivity index (χ4v) is 4.78. The lowest BCUT2D eigenvalue weighted by Crippen LogP contribution is -2.28. The van der Waals surface area contributed by atoms with Crippen molar-refractivity contribution in [1.29, 1.82) is 0 Å². The summed E-state index contributed by atoms with van der Waals surface area (Å²) in [6, 6.07) is 13.4. The van der Waals surface area contributed by atoms with E-state index in [2.05, 4.69) is 10.3 Å². The Morgan fingerprint density at radius 2 is 2.08 bits per heavy atom. The highest BCUT2D eigenvalue weighted by Gasteiger charge is 2.24. The predicted octanol–water partition coefficient (Wildman–Crippen LogP) is 4.00. The third kappa shape index (κ3) is 3.20. The molecule has 2 aromatic carbocycles. The Bertz CT molecular complexity index is 982. The molecule has 5 nitrogen and oxygen atoms in total. The number of anilines is 1. The molecule has 132 valence electrons. The maximum absolute atomic E-state index is 12.8. The molecule has 0 saturated heterocycles. The molecule has 0 radical (unpaired) electrons. The van der Waals surface area contributed by atoms with Gasteiger partial charge in [0.05, 0.1) is 27.7 Å². The highest BCUT2D eigenvalue weighted by molar-refractivity contribution is 8.00. The number of nitrogens with one attached hydrogen (secondary N) is 1. The number of carbonyl (C=O) groups is 2. The minimum atomic E-state index is -0.120. The van der Waals surface area contributed by atoms with E-state index in [-0.39, 0.29) is 17.1 Å². The van der Waals surface area contributed by atoms with Crippen LogP contribution in [0.1, 0.15) is 22.3 Å². The fraction of sp³-hybridized carbons (Fsp3) is 0.211. The first-order chi connectivity index (χ1) is 12.5. The Morgan fingerprint density at radius 1 is 1.27 bits per heavy atom. The number of fused-ring (bicyclic) bond motifs is 2. The minimum absolute atomic E-state index is 0.0325. The van der Waals surface area contributed by atoms with Gasteiger partial charge in [-0.15, -0.1) is 23.1 Å². The zero-order valence-electron chi connectivity index (χ0n) is 14.4. The fourth-order valence-electron chi connectivity index (χ4n) is 2.82. The zero-order valence-corrected chi connectivity index (χ0v) is 16.0. The van der Waals surface area contributed by atoms with E-state index in [1.165, 1.54) is 11.8 Å². The lowest BCUT2D eigenvalue weighted by molar-refractivity contribution is -0.115. The van der Waals surface area contributed by atoms with Crippen LogP contribution in [0.3, 0.4) is 0 Å². The lowest BCUT2D eigenvalue weighted by atomic mass is 10.1. The number of rotatable bonds is 3. The molecule has 2 amide bonds. The Labute approximate surface area is 159 Å². The summed E-state index contributed by atoms with van der Waals surface area (Å²) in [7, 11) is 1.77. The van der Waals surface area contributed by atoms with Crippen LogP contribution in [0.15, 0.2) is 47.4 Å². The van der Waals surface area contributed by atoms with Crippen LogP contribution in [-0.4, -0.2) is 34.0 Å². The minimum Gasteiger partial charge on any atom is -0.335 e. The molecule has 1 unspecified atom stereocenters. The molecule has 0 aliphatic carbocycles. The number of nitrogens with zero attached hydrogens (tertiary/aromatic N) is 2. The number of thioether (sulfide) groups is 1. The van der Waals surface area contributed by atoms with Crippen LogP contribution in [0, 0.1) is 0 Å². The molecule has 2 heterocycles. The van der Waals surface area contributed by atoms with E-state index in [0.717, 1.165) is 20.1 Å². The van der Waals surface area contributed by atoms with Crippen molar-refractivity contribution in [1.82, 2.24) is 9.88 Å². The number of para-hydroxylation sites is 1. The Balaban J connectivity index is 1.53. The SMILES string of the molecule is CC1Sc2ccc(C(=O)N(C)Cc3nc4ccccc4s3)cc2NC1=O. The van der Waals surface area contributed by atoms with Gasteiger partial charge in [0.15, 0.2) is 0 Å². The van der Waals surface area contributed by atoms with Crippen molar-refractivity contribution in [2.45, 2.75) is 23.6 Å². The van der Waals surface area contributed by atoms with Crippen LogP contribution in [-0.2, 0) is 11.3 Å². The number of hydrogen-bond donors (Lipinski definition) is 1. The molecule has 7 heteroatoms. The molecule has 0 spiro atoms. The molecule has 1 aromatic heterocycles. The maximum atomic E-state index is 12.8. The summed E-state index contributed by atoms with van der Waals surface area (Å²) in [6.45, 7) is 2.32. The molecule has 1 aliphatic rings. The quantitative estimate of drug-likeness (QED) is 0.743. The van der Waals surface area contributed by atoms with Gasteiger partial charge < -0.3 is 10.2 Å². The van der Waals surface area contributed by atoms with Crippen LogP contribution in [0.5, 0.6) is 0 Å². The van der Waals surface area contributed by atoms with Gasteiger partial charge >= 0.3 is 0 Å². The number of benzene rings is 2. The average molecular weight is 383 g/mol. The van der Waals surface area contributed by atoms with Crippen LogP contribution >= 0.6 is 23.1 Å². The maximum Gasteiger partial charge on any atom is 0.254 e. The number of aromatic nitrogens is 1. The monoisotopic (exact) mass is 383 g/mol. The summed E-state index contributed by atoms with van der Waals surface area (Å²) in [6.07, 6.45) is 0. The molecule has 0 saturated carbocycles. The van der Waals surface area contributed by atoms with Gasteiger partial charge in [-0.1, -0.05) is 12.1 Å². The largest absolute Gasteiger partial charge is 0.335 e. The normalized spacial score (nSPS) is 16.2. The van der Waals surface area contributed by atoms with Crippen molar-refractivity contribution < 1.29 is 9.59 Å². The van der Waals surface area contributed by atoms with Crippen molar-refractivity contribution >= 4 is 50.8 Å². The second kappa shape index (κ2) is 6.74. The lowest BCUT2D eigenvalue weighted by Gasteiger charge is -2.22. The second-order valence-electron chi connectivity index (χ2n) is 6.20. The van der Waals surface area contributed by atoms with Gasteiger partial charge in [0.25, 0.3) is 5.91 Å². The van der Waals surface area contributed by atoms with E-state index < -0.39 is 0 Å². The predicted molar refractivity (Wildman–Crippen MR) is 106 cm³/mol. The van der Waals surface area contributed by atoms with Gasteiger partial charge in [-0.25, -0.2) is 4.98 Å². The molecule has 1 atom stereocenters. The Hall–Kier alpha value is -2.38. The van der Waals surface area contributed by atoms with E-state index in [1.54, 1.807) is 29.4 Å². The molecular weight excluding hydrogens is 366 g/mol. The van der Waals surface area contributed by atoms with Crippen molar-refractivity contribution in [2.24, 2.45) is 0 Å². The zero-order chi connectivity index (χ0) is 18.3. The summed E-state index contributed by atoms with van der Waals surface area (Å²) < 4.78 is 1.12. The number of amides is 2. The Morgan fingerprint density at radius 3 is 2.88 bits per heavy atom. The first-order valence-electron chi connectivity index (χ1n) is 8.23. The van der Waals surface area contributed by atoms with Crippen molar-refractivity contribution in [3.8, 4) is 0 Å². The number of carbonyl (C=O) groups excluding carboxylic acids is 2. The summed E-state index contributed by atoms with van der Waals surface area (Å²) in [5.41, 5.74) is 2.22. The summed E-state index contributed by atoms with van der Waals surface area (Å²) in [4.78, 5) is 31.9. The van der Waals surface area contributed by atoms with Gasteiger partial charge in [-0.3, -0.25) is 9.59 Å². The molecule has 4 rings (SSSR count). The van der Waals surface area contributed by atoms with Crippen molar-refractivity contribution in [3.05, 3.63) is 53.0 Å². The van der Waals surface area contributed by atoms with Crippen LogP contribution in [0.4, 0.5) is 5.69 Å². The molecule has 0 bridgehead atoms. The van der Waals surface area contributed by atoms with E-state index in [0.29, 0.717) is 17.8 Å². The summed E-state index contributed by atoms with van der Waals surface area (Å²) in [5.74, 6) is -0.125. The highest BCUT2D eigenvalue weighted by atomic mass is 32.2. The molecule has 26 heavy (non-hydrogen) atoms. The first kappa shape index (κ1) is 17.1. The van der Waals surface area contributed by atoms with Crippen LogP contribution in [0.2, 0.25) is 0 Å². The van der Waals surface area contributed by atoms with Crippen molar-refractivity contribution in [2.75, 3.05) is 12.4 Å². The standard InChI is InChI=1S/C19H17N3O2S2/c1-11-18(23)21-14-9-12(7-8-16(14)25-11)19(24)22(2)10-17-20-13-5-3-4-6-15(13)26-17/h3-9,11H,10H2,1-2H3,(H,21,23). The summed E-state index contributed by atoms with van der Waals surface area (Å²) in [5, 5.41) is 3.65. The molecule has 1 aliphatic heterocycles. The van der Waals surface area contributed by atoms with Gasteiger partial charge in [0, 0.05) is 17.5 Å². The summed E-state index contributed by atoms with van der Waals surface area (Å²) >= 11 is 3.10. The molecule has 3 aromatic rings. The van der Waals surface area contributed by atoms with Gasteiger partial charge in [0.1, 0.15) is 5.01 Å². The molecule has 0 fully saturated rings. The highest BCUT2D eigenvalue weighted by Crippen LogP contribution is 2.36. The third-order valence-corrected chi connectivity index (χ3v) is 6.41. The second-order valence-corrected chi connectivity index (χ2v) is 8.69. The third-order valence-electron chi connectivity index (χ3n) is 4.21. The van der Waals surface area contributed by atoms with E-state index in [1.807, 2.05) is 43.3 Å². The smallest absolute Gasteiger partial charge is 0.254 e. The Kier molecular flexibility index (Phi) is 4.42. The average Bonchev–Trinajstić information content (AvgIpc) is 3.04. The first-order valence-corrected chi connectivity index (χ1v) is 9.92. The number of hydrogen-bond acceptors (Lipinski definition) is 5. The van der Waals surface area contributed by atoms with Crippen molar-refractivity contribution in [3.63, 3.8) is 0 Å². The van der Waals surface area contributed by atoms with Gasteiger partial charge in [-0.05, 0) is 37.3 Å². The topological polar surface area (TPSA) is 62.3 Å².